The second-order valence-electron chi connectivity index (χ2n) is 5.17. The number of benzene rings is 2. The van der Waals surface area contributed by atoms with Gasteiger partial charge in [-0.15, -0.1) is 0 Å². The summed E-state index contributed by atoms with van der Waals surface area (Å²) in [5.41, 5.74) is 0.888. The first kappa shape index (κ1) is 19.1. The number of ether oxygens (including phenoxy) is 2. The number of carbonyl (C=O) groups is 2. The Morgan fingerprint density at radius 1 is 0.960 bits per heavy atom. The zero-order chi connectivity index (χ0) is 18.4. The molecule has 0 radical (unpaired) electrons. The highest BCUT2D eigenvalue weighted by molar-refractivity contribution is 6.32. The van der Waals surface area contributed by atoms with Gasteiger partial charge in [0.15, 0.2) is 5.78 Å². The van der Waals surface area contributed by atoms with Crippen molar-refractivity contribution in [3.63, 3.8) is 0 Å². The van der Waals surface area contributed by atoms with Crippen molar-refractivity contribution < 1.29 is 19.1 Å². The highest BCUT2D eigenvalue weighted by Crippen LogP contribution is 2.27. The molecular formula is C18H17Cl2NO4. The average Bonchev–Trinajstić information content (AvgIpc) is 2.59. The summed E-state index contributed by atoms with van der Waals surface area (Å²) in [5, 5.41) is 3.51. The summed E-state index contributed by atoms with van der Waals surface area (Å²) in [6.45, 7) is 0. The predicted octanol–water partition coefficient (Wildman–Crippen LogP) is 4.61. The van der Waals surface area contributed by atoms with Gasteiger partial charge in [0.2, 0.25) is 5.91 Å². The molecule has 5 nitrogen and oxygen atoms in total. The number of carbonyl (C=O) groups excluding carboxylic acids is 2. The maximum Gasteiger partial charge on any atom is 0.224 e. The van der Waals surface area contributed by atoms with Gasteiger partial charge in [-0.25, -0.2) is 0 Å². The van der Waals surface area contributed by atoms with E-state index in [1.807, 2.05) is 0 Å². The second-order valence-corrected chi connectivity index (χ2v) is 6.01. The third kappa shape index (κ3) is 5.11. The molecule has 0 unspecified atom stereocenters. The molecule has 0 spiro atoms. The van der Waals surface area contributed by atoms with E-state index < -0.39 is 0 Å². The van der Waals surface area contributed by atoms with E-state index in [9.17, 15) is 9.59 Å². The molecule has 0 aromatic heterocycles. The maximum absolute atomic E-state index is 12.3. The Morgan fingerprint density at radius 2 is 1.64 bits per heavy atom. The second kappa shape index (κ2) is 8.74. The molecule has 132 valence electrons. The summed E-state index contributed by atoms with van der Waals surface area (Å²) in [7, 11) is 2.98. The Labute approximate surface area is 155 Å². The minimum atomic E-state index is -0.296. The van der Waals surface area contributed by atoms with E-state index in [4.69, 9.17) is 32.7 Å². The van der Waals surface area contributed by atoms with Gasteiger partial charge in [0, 0.05) is 23.6 Å². The first-order valence-electron chi connectivity index (χ1n) is 7.44. The number of rotatable bonds is 7. The van der Waals surface area contributed by atoms with Crippen molar-refractivity contribution in [2.24, 2.45) is 0 Å². The van der Waals surface area contributed by atoms with Gasteiger partial charge in [0.05, 0.1) is 24.8 Å². The van der Waals surface area contributed by atoms with Gasteiger partial charge < -0.3 is 14.8 Å². The topological polar surface area (TPSA) is 64.6 Å². The lowest BCUT2D eigenvalue weighted by atomic mass is 10.1. The normalized spacial score (nSPS) is 10.2. The fourth-order valence-electron chi connectivity index (χ4n) is 2.23. The quantitative estimate of drug-likeness (QED) is 0.711. The van der Waals surface area contributed by atoms with Crippen LogP contribution >= 0.6 is 23.2 Å². The fraction of sp³-hybridized carbons (Fsp3) is 0.222. The molecule has 0 aliphatic carbocycles. The van der Waals surface area contributed by atoms with Crippen LogP contribution in [-0.2, 0) is 4.79 Å². The molecule has 2 aromatic rings. The van der Waals surface area contributed by atoms with E-state index in [0.717, 1.165) is 0 Å². The third-order valence-corrected chi connectivity index (χ3v) is 4.01. The SMILES string of the molecule is COc1ccc(NC(=O)CCC(=O)c2cc(Cl)ccc2OC)cc1Cl. The molecule has 0 fully saturated rings. The summed E-state index contributed by atoms with van der Waals surface area (Å²) in [4.78, 5) is 24.4. The molecule has 0 atom stereocenters. The van der Waals surface area contributed by atoms with Crippen molar-refractivity contribution in [1.29, 1.82) is 0 Å². The lowest BCUT2D eigenvalue weighted by Gasteiger charge is -2.09. The first-order valence-corrected chi connectivity index (χ1v) is 8.20. The van der Waals surface area contributed by atoms with E-state index in [1.165, 1.54) is 20.3 Å². The van der Waals surface area contributed by atoms with Crippen LogP contribution in [0.15, 0.2) is 36.4 Å². The van der Waals surface area contributed by atoms with E-state index in [-0.39, 0.29) is 24.5 Å². The lowest BCUT2D eigenvalue weighted by molar-refractivity contribution is -0.116. The number of methoxy groups -OCH3 is 2. The van der Waals surface area contributed by atoms with Gasteiger partial charge in [-0.1, -0.05) is 23.2 Å². The van der Waals surface area contributed by atoms with Gasteiger partial charge in [-0.05, 0) is 36.4 Å². The fourth-order valence-corrected chi connectivity index (χ4v) is 2.66. The molecule has 0 heterocycles. The minimum Gasteiger partial charge on any atom is -0.496 e. The van der Waals surface area contributed by atoms with Crippen molar-refractivity contribution in [2.45, 2.75) is 12.8 Å². The van der Waals surface area contributed by atoms with E-state index >= 15 is 0 Å². The average molecular weight is 382 g/mol. The van der Waals surface area contributed by atoms with Crippen molar-refractivity contribution >= 4 is 40.6 Å². The Morgan fingerprint density at radius 3 is 2.28 bits per heavy atom. The van der Waals surface area contributed by atoms with Crippen molar-refractivity contribution in [3.8, 4) is 11.5 Å². The lowest BCUT2D eigenvalue weighted by Crippen LogP contribution is -2.14. The number of halogens is 2. The highest BCUT2D eigenvalue weighted by atomic mass is 35.5. The predicted molar refractivity (Wildman–Crippen MR) is 98.2 cm³/mol. The van der Waals surface area contributed by atoms with Crippen LogP contribution in [-0.4, -0.2) is 25.9 Å². The molecule has 25 heavy (non-hydrogen) atoms. The molecule has 0 aliphatic rings. The van der Waals surface area contributed by atoms with E-state index in [1.54, 1.807) is 30.3 Å². The number of Topliss-reactive ketones (excluding diaryl/α,β-unsaturated/α-hetero) is 1. The summed E-state index contributed by atoms with van der Waals surface area (Å²) in [6, 6.07) is 9.70. The minimum absolute atomic E-state index is 0.0259. The Kier molecular flexibility index (Phi) is 6.67. The van der Waals surface area contributed by atoms with Crippen LogP contribution in [0.3, 0.4) is 0 Å². The molecular weight excluding hydrogens is 365 g/mol. The Bertz CT molecular complexity index is 793. The number of hydrogen-bond acceptors (Lipinski definition) is 4. The monoisotopic (exact) mass is 381 g/mol. The summed E-state index contributed by atoms with van der Waals surface area (Å²) in [6.07, 6.45) is 0.0601. The standard InChI is InChI=1S/C18H17Cl2NO4/c1-24-16-6-3-11(19)9-13(16)15(22)5-8-18(23)21-12-4-7-17(25-2)14(20)10-12/h3-4,6-7,9-10H,5,8H2,1-2H3,(H,21,23). The largest absolute Gasteiger partial charge is 0.496 e. The highest BCUT2D eigenvalue weighted by Gasteiger charge is 2.15. The van der Waals surface area contributed by atoms with Crippen LogP contribution in [0.4, 0.5) is 5.69 Å². The Hall–Kier alpha value is -2.24. The van der Waals surface area contributed by atoms with Crippen LogP contribution in [0.25, 0.3) is 0 Å². The Balaban J connectivity index is 1.97. The number of nitrogens with one attached hydrogen (secondary N) is 1. The van der Waals surface area contributed by atoms with Crippen LogP contribution < -0.4 is 14.8 Å². The molecule has 0 saturated carbocycles. The smallest absolute Gasteiger partial charge is 0.224 e. The molecule has 1 N–H and O–H groups in total. The van der Waals surface area contributed by atoms with Crippen molar-refractivity contribution in [1.82, 2.24) is 0 Å². The summed E-state index contributed by atoms with van der Waals surface area (Å²) in [5.74, 6) is 0.428. The number of anilines is 1. The van der Waals surface area contributed by atoms with Gasteiger partial charge in [-0.2, -0.15) is 0 Å². The summed E-state index contributed by atoms with van der Waals surface area (Å²) >= 11 is 11.9. The van der Waals surface area contributed by atoms with Gasteiger partial charge in [-0.3, -0.25) is 9.59 Å². The van der Waals surface area contributed by atoms with Crippen molar-refractivity contribution in [2.75, 3.05) is 19.5 Å². The van der Waals surface area contributed by atoms with E-state index in [0.29, 0.717) is 32.8 Å². The maximum atomic E-state index is 12.3. The first-order chi connectivity index (χ1) is 11.9. The van der Waals surface area contributed by atoms with E-state index in [2.05, 4.69) is 5.32 Å². The van der Waals surface area contributed by atoms with Gasteiger partial charge in [0.25, 0.3) is 0 Å². The van der Waals surface area contributed by atoms with Crippen molar-refractivity contribution in [3.05, 3.63) is 52.0 Å². The molecule has 1 amide bonds. The molecule has 0 saturated heterocycles. The zero-order valence-electron chi connectivity index (χ0n) is 13.8. The molecule has 0 bridgehead atoms. The number of amides is 1. The van der Waals surface area contributed by atoms with Crippen LogP contribution in [0, 0.1) is 0 Å². The number of hydrogen-bond donors (Lipinski definition) is 1. The van der Waals surface area contributed by atoms with Crippen LogP contribution in [0.5, 0.6) is 11.5 Å². The van der Waals surface area contributed by atoms with Crippen LogP contribution in [0.2, 0.25) is 10.0 Å². The molecule has 2 aromatic carbocycles. The zero-order valence-corrected chi connectivity index (χ0v) is 15.3. The molecule has 7 heteroatoms. The van der Waals surface area contributed by atoms with Gasteiger partial charge in [0.1, 0.15) is 11.5 Å². The third-order valence-electron chi connectivity index (χ3n) is 3.48. The van der Waals surface area contributed by atoms with Gasteiger partial charge >= 0.3 is 0 Å². The molecule has 0 aliphatic heterocycles. The molecule has 2 rings (SSSR count). The number of ketones is 1. The summed E-state index contributed by atoms with van der Waals surface area (Å²) < 4.78 is 10.2. The van der Waals surface area contributed by atoms with Crippen LogP contribution in [0.1, 0.15) is 23.2 Å².